The molecule has 0 aliphatic heterocycles. The zero-order valence-electron chi connectivity index (χ0n) is 5.29. The standard InChI is InChI=1S/C7H7IN2/c8-7-3-1-2-6(4-7)5-10-9/h1-5H,9H2/b10-5-. The van der Waals surface area contributed by atoms with Crippen LogP contribution in [0, 0.1) is 3.57 Å². The van der Waals surface area contributed by atoms with E-state index >= 15 is 0 Å². The van der Waals surface area contributed by atoms with E-state index < -0.39 is 0 Å². The fourth-order valence-electron chi connectivity index (χ4n) is 0.673. The van der Waals surface area contributed by atoms with Gasteiger partial charge in [0.15, 0.2) is 0 Å². The molecule has 2 nitrogen and oxygen atoms in total. The maximum atomic E-state index is 4.98. The molecule has 52 valence electrons. The molecule has 0 fully saturated rings. The van der Waals surface area contributed by atoms with Crippen molar-refractivity contribution in [1.82, 2.24) is 0 Å². The Kier molecular flexibility index (Phi) is 2.68. The fraction of sp³-hybridized carbons (Fsp3) is 0. The highest BCUT2D eigenvalue weighted by atomic mass is 127. The van der Waals surface area contributed by atoms with Crippen molar-refractivity contribution >= 4 is 28.8 Å². The summed E-state index contributed by atoms with van der Waals surface area (Å²) >= 11 is 2.24. The summed E-state index contributed by atoms with van der Waals surface area (Å²) in [6.45, 7) is 0. The van der Waals surface area contributed by atoms with Gasteiger partial charge in [-0.2, -0.15) is 5.10 Å². The lowest BCUT2D eigenvalue weighted by Crippen LogP contribution is -1.85. The topological polar surface area (TPSA) is 38.4 Å². The monoisotopic (exact) mass is 246 g/mol. The number of hydrazone groups is 1. The minimum Gasteiger partial charge on any atom is -0.323 e. The van der Waals surface area contributed by atoms with Crippen LogP contribution in [0.2, 0.25) is 0 Å². The van der Waals surface area contributed by atoms with Crippen molar-refractivity contribution < 1.29 is 0 Å². The van der Waals surface area contributed by atoms with Crippen LogP contribution in [0.5, 0.6) is 0 Å². The van der Waals surface area contributed by atoms with E-state index in [-0.39, 0.29) is 0 Å². The number of nitrogens with two attached hydrogens (primary N) is 1. The zero-order chi connectivity index (χ0) is 7.40. The smallest absolute Gasteiger partial charge is 0.0538 e. The van der Waals surface area contributed by atoms with Crippen molar-refractivity contribution in [3.05, 3.63) is 33.4 Å². The minimum atomic E-state index is 1.04. The predicted molar refractivity (Wildman–Crippen MR) is 50.9 cm³/mol. The Morgan fingerprint density at radius 3 is 2.90 bits per heavy atom. The Labute approximate surface area is 73.3 Å². The minimum absolute atomic E-state index is 1.04. The highest BCUT2D eigenvalue weighted by Crippen LogP contribution is 2.05. The summed E-state index contributed by atoms with van der Waals surface area (Å²) in [5.41, 5.74) is 1.04. The molecule has 0 saturated heterocycles. The van der Waals surface area contributed by atoms with Gasteiger partial charge in [0.2, 0.25) is 0 Å². The maximum absolute atomic E-state index is 4.98. The lowest BCUT2D eigenvalue weighted by Gasteiger charge is -1.91. The van der Waals surface area contributed by atoms with Crippen LogP contribution in [-0.4, -0.2) is 6.21 Å². The third-order valence-corrected chi connectivity index (χ3v) is 1.74. The summed E-state index contributed by atoms with van der Waals surface area (Å²) in [6.07, 6.45) is 1.63. The van der Waals surface area contributed by atoms with Crippen LogP contribution in [0.4, 0.5) is 0 Å². The summed E-state index contributed by atoms with van der Waals surface area (Å²) in [6, 6.07) is 7.96. The van der Waals surface area contributed by atoms with E-state index in [9.17, 15) is 0 Å². The average Bonchev–Trinajstić information content (AvgIpc) is 1.88. The molecule has 1 aromatic carbocycles. The Balaban J connectivity index is 2.95. The van der Waals surface area contributed by atoms with Crippen LogP contribution in [-0.2, 0) is 0 Å². The Morgan fingerprint density at radius 1 is 1.50 bits per heavy atom. The number of nitrogens with zero attached hydrogens (tertiary/aromatic N) is 1. The Hall–Kier alpha value is -0.580. The van der Waals surface area contributed by atoms with Gasteiger partial charge in [-0.05, 0) is 40.3 Å². The van der Waals surface area contributed by atoms with E-state index in [0.717, 1.165) is 5.56 Å². The molecule has 0 atom stereocenters. The van der Waals surface area contributed by atoms with E-state index in [1.165, 1.54) is 3.57 Å². The maximum Gasteiger partial charge on any atom is 0.0538 e. The van der Waals surface area contributed by atoms with E-state index in [0.29, 0.717) is 0 Å². The normalized spacial score (nSPS) is 10.5. The first kappa shape index (κ1) is 7.53. The first-order valence-electron chi connectivity index (χ1n) is 2.82. The molecule has 0 heterocycles. The SMILES string of the molecule is N/N=C\c1cccc(I)c1. The number of rotatable bonds is 1. The van der Waals surface area contributed by atoms with Gasteiger partial charge in [-0.1, -0.05) is 12.1 Å². The van der Waals surface area contributed by atoms with Gasteiger partial charge in [-0.3, -0.25) is 0 Å². The van der Waals surface area contributed by atoms with Crippen LogP contribution >= 0.6 is 22.6 Å². The van der Waals surface area contributed by atoms with E-state index in [2.05, 4.69) is 27.7 Å². The third kappa shape index (κ3) is 1.98. The summed E-state index contributed by atoms with van der Waals surface area (Å²) in [5.74, 6) is 4.98. The van der Waals surface area contributed by atoms with Crippen LogP contribution in [0.1, 0.15) is 5.56 Å². The van der Waals surface area contributed by atoms with E-state index in [1.807, 2.05) is 24.3 Å². The number of halogens is 1. The molecule has 2 N–H and O–H groups in total. The number of benzene rings is 1. The second-order valence-electron chi connectivity index (χ2n) is 1.83. The molecule has 1 aromatic rings. The number of hydrogen-bond acceptors (Lipinski definition) is 2. The highest BCUT2D eigenvalue weighted by molar-refractivity contribution is 14.1. The summed E-state index contributed by atoms with van der Waals surface area (Å²) in [5, 5.41) is 3.42. The van der Waals surface area contributed by atoms with Gasteiger partial charge in [0.1, 0.15) is 0 Å². The van der Waals surface area contributed by atoms with Crippen LogP contribution in [0.15, 0.2) is 29.4 Å². The molecule has 0 saturated carbocycles. The second kappa shape index (κ2) is 3.55. The van der Waals surface area contributed by atoms with E-state index in [4.69, 9.17) is 5.84 Å². The molecular weight excluding hydrogens is 239 g/mol. The van der Waals surface area contributed by atoms with Crippen LogP contribution in [0.3, 0.4) is 0 Å². The van der Waals surface area contributed by atoms with Crippen LogP contribution < -0.4 is 5.84 Å². The highest BCUT2D eigenvalue weighted by Gasteiger charge is 1.86. The quantitative estimate of drug-likeness (QED) is 0.347. The van der Waals surface area contributed by atoms with Crippen molar-refractivity contribution in [1.29, 1.82) is 0 Å². The summed E-state index contributed by atoms with van der Waals surface area (Å²) in [7, 11) is 0. The first-order chi connectivity index (χ1) is 4.83. The molecule has 0 aliphatic rings. The van der Waals surface area contributed by atoms with Crippen molar-refractivity contribution in [2.75, 3.05) is 0 Å². The van der Waals surface area contributed by atoms with Crippen molar-refractivity contribution in [3.8, 4) is 0 Å². The Morgan fingerprint density at radius 2 is 2.30 bits per heavy atom. The van der Waals surface area contributed by atoms with Crippen molar-refractivity contribution in [2.45, 2.75) is 0 Å². The van der Waals surface area contributed by atoms with Gasteiger partial charge in [0, 0.05) is 3.57 Å². The predicted octanol–water partition coefficient (Wildman–Crippen LogP) is 1.58. The van der Waals surface area contributed by atoms with Crippen molar-refractivity contribution in [2.24, 2.45) is 10.9 Å². The molecule has 0 radical (unpaired) electrons. The molecule has 3 heteroatoms. The molecule has 0 aliphatic carbocycles. The van der Waals surface area contributed by atoms with Crippen LogP contribution in [0.25, 0.3) is 0 Å². The lowest BCUT2D eigenvalue weighted by molar-refractivity contribution is 1.26. The molecule has 0 amide bonds. The summed E-state index contributed by atoms with van der Waals surface area (Å²) < 4.78 is 1.19. The molecule has 10 heavy (non-hydrogen) atoms. The number of hydrogen-bond donors (Lipinski definition) is 1. The molecular formula is C7H7IN2. The van der Waals surface area contributed by atoms with Gasteiger partial charge >= 0.3 is 0 Å². The van der Waals surface area contributed by atoms with Gasteiger partial charge < -0.3 is 5.84 Å². The van der Waals surface area contributed by atoms with E-state index in [1.54, 1.807) is 6.21 Å². The average molecular weight is 246 g/mol. The largest absolute Gasteiger partial charge is 0.323 e. The zero-order valence-corrected chi connectivity index (χ0v) is 7.45. The second-order valence-corrected chi connectivity index (χ2v) is 3.08. The van der Waals surface area contributed by atoms with Gasteiger partial charge in [0.05, 0.1) is 6.21 Å². The Bertz CT molecular complexity index is 245. The molecule has 0 bridgehead atoms. The molecule has 0 aromatic heterocycles. The fourth-order valence-corrected chi connectivity index (χ4v) is 1.24. The van der Waals surface area contributed by atoms with Gasteiger partial charge in [-0.15, -0.1) is 0 Å². The molecule has 0 spiro atoms. The molecule has 1 rings (SSSR count). The summed E-state index contributed by atoms with van der Waals surface area (Å²) in [4.78, 5) is 0. The van der Waals surface area contributed by atoms with Crippen molar-refractivity contribution in [3.63, 3.8) is 0 Å². The molecule has 0 unspecified atom stereocenters. The first-order valence-corrected chi connectivity index (χ1v) is 3.89. The van der Waals surface area contributed by atoms with Gasteiger partial charge in [-0.25, -0.2) is 0 Å². The lowest BCUT2D eigenvalue weighted by atomic mass is 10.2. The third-order valence-electron chi connectivity index (χ3n) is 1.07. The van der Waals surface area contributed by atoms with Gasteiger partial charge in [0.25, 0.3) is 0 Å².